The van der Waals surface area contributed by atoms with Crippen LogP contribution in [0.2, 0.25) is 0 Å². The average Bonchev–Trinajstić information content (AvgIpc) is 2.93. The quantitative estimate of drug-likeness (QED) is 0.324. The molecule has 1 heterocycles. The Morgan fingerprint density at radius 3 is 2.48 bits per heavy atom. The van der Waals surface area contributed by atoms with Crippen molar-refractivity contribution in [2.45, 2.75) is 6.42 Å². The number of aliphatic carboxylic acids is 2. The average molecular weight is 319 g/mol. The van der Waals surface area contributed by atoms with Crippen molar-refractivity contribution in [2.24, 2.45) is 5.84 Å². The van der Waals surface area contributed by atoms with Gasteiger partial charge >= 0.3 is 0 Å². The summed E-state index contributed by atoms with van der Waals surface area (Å²) in [5.74, 6) is 3.05. The van der Waals surface area contributed by atoms with Gasteiger partial charge in [0.2, 0.25) is 0 Å². The summed E-state index contributed by atoms with van der Waals surface area (Å²) in [5.41, 5.74) is 5.03. The molecule has 8 nitrogen and oxygen atoms in total. The van der Waals surface area contributed by atoms with E-state index in [0.29, 0.717) is 12.2 Å². The molecule has 0 saturated carbocycles. The summed E-state index contributed by atoms with van der Waals surface area (Å²) in [4.78, 5) is 22.1. The van der Waals surface area contributed by atoms with Crippen LogP contribution in [-0.4, -0.2) is 30.6 Å². The molecule has 124 valence electrons. The van der Waals surface area contributed by atoms with E-state index in [1.807, 2.05) is 24.4 Å². The van der Waals surface area contributed by atoms with Crippen molar-refractivity contribution in [3.8, 4) is 5.75 Å². The van der Waals surface area contributed by atoms with Gasteiger partial charge in [-0.3, -0.25) is 11.3 Å². The Morgan fingerprint density at radius 2 is 1.96 bits per heavy atom. The molecule has 1 aromatic carbocycles. The lowest BCUT2D eigenvalue weighted by Gasteiger charge is -2.01. The van der Waals surface area contributed by atoms with Crippen molar-refractivity contribution in [1.82, 2.24) is 10.4 Å². The first-order chi connectivity index (χ1) is 11.0. The van der Waals surface area contributed by atoms with Crippen LogP contribution in [0.4, 0.5) is 0 Å². The smallest absolute Gasteiger partial charge is 0.119 e. The number of hydrazine groups is 1. The first-order valence-corrected chi connectivity index (χ1v) is 6.65. The maximum Gasteiger partial charge on any atom is 0.119 e. The largest absolute Gasteiger partial charge is 0.545 e. The van der Waals surface area contributed by atoms with Crippen molar-refractivity contribution in [1.29, 1.82) is 0 Å². The van der Waals surface area contributed by atoms with Gasteiger partial charge in [-0.1, -0.05) is 0 Å². The molecule has 0 amide bonds. The lowest BCUT2D eigenvalue weighted by molar-refractivity contribution is -0.301. The Morgan fingerprint density at radius 1 is 1.30 bits per heavy atom. The Hall–Kier alpha value is -2.84. The van der Waals surface area contributed by atoms with E-state index in [-0.39, 0.29) is 0 Å². The van der Waals surface area contributed by atoms with Gasteiger partial charge in [0, 0.05) is 23.6 Å². The highest BCUT2D eigenvalue weighted by molar-refractivity contribution is 5.87. The fraction of sp³-hybridized carbons (Fsp3) is 0.200. The van der Waals surface area contributed by atoms with E-state index in [2.05, 4.69) is 10.4 Å². The van der Waals surface area contributed by atoms with Crippen molar-refractivity contribution >= 4 is 22.8 Å². The van der Waals surface area contributed by atoms with Crippen LogP contribution in [0.5, 0.6) is 5.75 Å². The summed E-state index contributed by atoms with van der Waals surface area (Å²) < 4.78 is 5.20. The fourth-order valence-electron chi connectivity index (χ4n) is 1.83. The number of nitrogens with two attached hydrogens (primary N) is 1. The number of carbonyl (C=O) groups is 2. The molecule has 0 spiro atoms. The predicted molar refractivity (Wildman–Crippen MR) is 79.9 cm³/mol. The monoisotopic (exact) mass is 319 g/mol. The number of H-pyrrole nitrogens is 1. The third kappa shape index (κ3) is 6.20. The third-order valence-electron chi connectivity index (χ3n) is 2.87. The number of nitrogens with one attached hydrogen (secondary N) is 2. The number of ether oxygens (including phenoxy) is 1. The van der Waals surface area contributed by atoms with E-state index in [4.69, 9.17) is 10.6 Å². The molecule has 0 aliphatic rings. The molecule has 1 aromatic heterocycles. The minimum Gasteiger partial charge on any atom is -0.545 e. The van der Waals surface area contributed by atoms with Crippen molar-refractivity contribution in [2.75, 3.05) is 13.7 Å². The lowest BCUT2D eigenvalue weighted by atomic mass is 10.1. The molecule has 4 N–H and O–H groups in total. The molecule has 0 bridgehead atoms. The number of carboxylic acids is 2. The first-order valence-electron chi connectivity index (χ1n) is 6.65. The summed E-state index contributed by atoms with van der Waals surface area (Å²) in [5, 5.41) is 20.0. The maximum absolute atomic E-state index is 9.41. The molecule has 23 heavy (non-hydrogen) atoms. The minimum atomic E-state index is -1.55. The highest BCUT2D eigenvalue weighted by Crippen LogP contribution is 2.23. The molecule has 0 unspecified atom stereocenters. The van der Waals surface area contributed by atoms with Crippen LogP contribution in [0, 0.1) is 0 Å². The second-order valence-corrected chi connectivity index (χ2v) is 4.40. The number of fused-ring (bicyclic) bond motifs is 1. The molecule has 0 aliphatic heterocycles. The van der Waals surface area contributed by atoms with Crippen LogP contribution >= 0.6 is 0 Å². The van der Waals surface area contributed by atoms with E-state index >= 15 is 0 Å². The molecule has 0 fully saturated rings. The van der Waals surface area contributed by atoms with E-state index < -0.39 is 11.9 Å². The highest BCUT2D eigenvalue weighted by atomic mass is 16.5. The fourth-order valence-corrected chi connectivity index (χ4v) is 1.83. The van der Waals surface area contributed by atoms with Gasteiger partial charge in [-0.2, -0.15) is 0 Å². The third-order valence-corrected chi connectivity index (χ3v) is 2.87. The van der Waals surface area contributed by atoms with E-state index in [1.54, 1.807) is 7.11 Å². The van der Waals surface area contributed by atoms with E-state index in [1.165, 1.54) is 10.9 Å². The zero-order chi connectivity index (χ0) is 17.2. The van der Waals surface area contributed by atoms with Crippen LogP contribution in [-0.2, 0) is 16.0 Å². The Bertz CT molecular complexity index is 677. The molecule has 2 aromatic rings. The molecule has 8 heteroatoms. The Kier molecular flexibility index (Phi) is 7.31. The number of aromatic amines is 1. The number of rotatable bonds is 6. The van der Waals surface area contributed by atoms with Crippen molar-refractivity contribution < 1.29 is 24.5 Å². The topological polar surface area (TPSA) is 143 Å². The summed E-state index contributed by atoms with van der Waals surface area (Å²) in [6, 6.07) is 6.01. The highest BCUT2D eigenvalue weighted by Gasteiger charge is 2.04. The summed E-state index contributed by atoms with van der Waals surface area (Å²) in [6.07, 6.45) is 3.69. The summed E-state index contributed by atoms with van der Waals surface area (Å²) >= 11 is 0. The number of hydrogen-bond donors (Lipinski definition) is 3. The first kappa shape index (κ1) is 18.2. The predicted octanol–water partition coefficient (Wildman–Crippen LogP) is -1.78. The van der Waals surface area contributed by atoms with Gasteiger partial charge in [0.15, 0.2) is 0 Å². The molecular weight excluding hydrogens is 302 g/mol. The second kappa shape index (κ2) is 9.23. The zero-order valence-corrected chi connectivity index (χ0v) is 12.5. The van der Waals surface area contributed by atoms with E-state index in [0.717, 1.165) is 24.2 Å². The van der Waals surface area contributed by atoms with Gasteiger partial charge in [0.05, 0.1) is 19.0 Å². The standard InChI is InChI=1S/C11H15N3O.C4H4O4/c1-15-9-2-3-11-10(6-9)8(7-13-11)4-5-14-12;5-3(6)1-2-4(7)8/h2-3,6-7,13-14H,4-5,12H2,1H3;1-2H,(H,5,6)(H,7,8)/p-2. The number of benzene rings is 1. The number of carbonyl (C=O) groups excluding carboxylic acids is 2. The Labute approximate surface area is 132 Å². The lowest BCUT2D eigenvalue weighted by Crippen LogP contribution is -2.24. The van der Waals surface area contributed by atoms with Gasteiger partial charge in [-0.25, -0.2) is 0 Å². The zero-order valence-electron chi connectivity index (χ0n) is 12.5. The summed E-state index contributed by atoms with van der Waals surface area (Å²) in [6.45, 7) is 0.768. The molecule has 2 rings (SSSR count). The molecule has 0 atom stereocenters. The van der Waals surface area contributed by atoms with Crippen molar-refractivity contribution in [3.05, 3.63) is 42.1 Å². The molecular formula is C15H17N3O5-2. The maximum atomic E-state index is 9.41. The van der Waals surface area contributed by atoms with Crippen LogP contribution in [0.3, 0.4) is 0 Å². The van der Waals surface area contributed by atoms with Gasteiger partial charge < -0.3 is 29.5 Å². The minimum absolute atomic E-state index is 0.384. The Balaban J connectivity index is 0.000000284. The molecule has 0 saturated heterocycles. The van der Waals surface area contributed by atoms with Gasteiger partial charge in [0.1, 0.15) is 5.75 Å². The van der Waals surface area contributed by atoms with Crippen LogP contribution in [0.25, 0.3) is 10.9 Å². The van der Waals surface area contributed by atoms with Gasteiger partial charge in [-0.05, 0) is 42.3 Å². The van der Waals surface area contributed by atoms with Gasteiger partial charge in [0.25, 0.3) is 0 Å². The number of carboxylic acid groups (broad SMARTS) is 2. The molecule has 0 aliphatic carbocycles. The van der Waals surface area contributed by atoms with Crippen LogP contribution < -0.4 is 26.2 Å². The van der Waals surface area contributed by atoms with Crippen LogP contribution in [0.1, 0.15) is 5.56 Å². The van der Waals surface area contributed by atoms with Crippen molar-refractivity contribution in [3.63, 3.8) is 0 Å². The number of aromatic nitrogens is 1. The van der Waals surface area contributed by atoms with Gasteiger partial charge in [-0.15, -0.1) is 0 Å². The van der Waals surface area contributed by atoms with E-state index in [9.17, 15) is 19.8 Å². The second-order valence-electron chi connectivity index (χ2n) is 4.40. The number of methoxy groups -OCH3 is 1. The summed E-state index contributed by atoms with van der Waals surface area (Å²) in [7, 11) is 1.68. The number of hydrogen-bond acceptors (Lipinski definition) is 7. The normalized spacial score (nSPS) is 10.3. The SMILES string of the molecule is COc1ccc2[nH]cc(CCNN)c2c1.O=C([O-])C=CC(=O)[O-]. The molecule has 0 radical (unpaired) electrons. The van der Waals surface area contributed by atoms with Crippen LogP contribution in [0.15, 0.2) is 36.5 Å².